The Labute approximate surface area is 176 Å². The van der Waals surface area contributed by atoms with Crippen molar-refractivity contribution in [1.29, 1.82) is 0 Å². The van der Waals surface area contributed by atoms with Crippen LogP contribution >= 0.6 is 0 Å². The molecule has 0 spiro atoms. The lowest BCUT2D eigenvalue weighted by Crippen LogP contribution is -2.40. The zero-order valence-corrected chi connectivity index (χ0v) is 17.1. The van der Waals surface area contributed by atoms with Gasteiger partial charge in [0.15, 0.2) is 0 Å². The van der Waals surface area contributed by atoms with Crippen LogP contribution in [0.4, 0.5) is 11.4 Å². The first-order valence-corrected chi connectivity index (χ1v) is 9.90. The van der Waals surface area contributed by atoms with Crippen LogP contribution in [0, 0.1) is 0 Å². The zero-order valence-electron chi connectivity index (χ0n) is 17.1. The topological polar surface area (TPSA) is 79.9 Å². The maximum absolute atomic E-state index is 12.6. The molecule has 2 aromatic carbocycles. The van der Waals surface area contributed by atoms with E-state index >= 15 is 0 Å². The Morgan fingerprint density at radius 1 is 1.13 bits per heavy atom. The van der Waals surface area contributed by atoms with Gasteiger partial charge in [-0.3, -0.25) is 9.59 Å². The number of morpholine rings is 1. The number of amides is 2. The van der Waals surface area contributed by atoms with Crippen LogP contribution in [0.25, 0.3) is 0 Å². The average molecular weight is 409 g/mol. The molecule has 0 saturated carbocycles. The summed E-state index contributed by atoms with van der Waals surface area (Å²) in [6.45, 7) is 8.44. The van der Waals surface area contributed by atoms with Gasteiger partial charge in [0.25, 0.3) is 5.91 Å². The van der Waals surface area contributed by atoms with Crippen molar-refractivity contribution in [3.8, 4) is 5.75 Å². The molecule has 2 N–H and O–H groups in total. The van der Waals surface area contributed by atoms with Crippen LogP contribution in [0.15, 0.2) is 60.7 Å². The second kappa shape index (κ2) is 10.5. The summed E-state index contributed by atoms with van der Waals surface area (Å²) in [5.74, 6) is 0.378. The van der Waals surface area contributed by atoms with Crippen molar-refractivity contribution in [1.82, 2.24) is 4.90 Å². The van der Waals surface area contributed by atoms with Crippen molar-refractivity contribution >= 4 is 23.2 Å². The van der Waals surface area contributed by atoms with Crippen molar-refractivity contribution in [2.24, 2.45) is 0 Å². The monoisotopic (exact) mass is 409 g/mol. The number of para-hydroxylation sites is 2. The number of benzene rings is 2. The molecule has 2 aromatic rings. The van der Waals surface area contributed by atoms with E-state index in [0.717, 1.165) is 11.3 Å². The van der Waals surface area contributed by atoms with Crippen LogP contribution in [0.5, 0.6) is 5.75 Å². The van der Waals surface area contributed by atoms with Crippen LogP contribution in [0.1, 0.15) is 17.3 Å². The molecule has 0 bridgehead atoms. The molecule has 1 heterocycles. The molecule has 0 unspecified atom stereocenters. The molecule has 7 nitrogen and oxygen atoms in total. The fraction of sp³-hybridized carbons (Fsp3) is 0.304. The Bertz CT molecular complexity index is 907. The van der Waals surface area contributed by atoms with Gasteiger partial charge in [0, 0.05) is 24.3 Å². The molecule has 1 saturated heterocycles. The van der Waals surface area contributed by atoms with Gasteiger partial charge in [0.1, 0.15) is 12.4 Å². The van der Waals surface area contributed by atoms with E-state index in [4.69, 9.17) is 9.47 Å². The van der Waals surface area contributed by atoms with Crippen LogP contribution in [0.3, 0.4) is 0 Å². The molecule has 0 aromatic heterocycles. The molecular formula is C23H27N3O4. The van der Waals surface area contributed by atoms with Gasteiger partial charge >= 0.3 is 0 Å². The minimum absolute atomic E-state index is 0.0592. The van der Waals surface area contributed by atoms with Gasteiger partial charge in [-0.1, -0.05) is 24.8 Å². The quantitative estimate of drug-likeness (QED) is 0.655. The highest BCUT2D eigenvalue weighted by Crippen LogP contribution is 2.24. The Hall–Kier alpha value is -3.32. The van der Waals surface area contributed by atoms with E-state index in [1.54, 1.807) is 29.2 Å². The molecular weight excluding hydrogens is 382 g/mol. The second-order valence-electron chi connectivity index (χ2n) is 7.13. The van der Waals surface area contributed by atoms with Crippen LogP contribution in [-0.2, 0) is 9.53 Å². The maximum atomic E-state index is 12.6. The third-order valence-electron chi connectivity index (χ3n) is 4.49. The third kappa shape index (κ3) is 6.09. The first-order valence-electron chi connectivity index (χ1n) is 9.90. The summed E-state index contributed by atoms with van der Waals surface area (Å²) in [4.78, 5) is 26.8. The Kier molecular flexibility index (Phi) is 7.45. The highest BCUT2D eigenvalue weighted by atomic mass is 16.5. The first kappa shape index (κ1) is 21.4. The molecule has 1 fully saturated rings. The Morgan fingerprint density at radius 2 is 1.90 bits per heavy atom. The summed E-state index contributed by atoms with van der Waals surface area (Å²) in [5, 5.41) is 5.92. The number of hydrogen-bond donors (Lipinski definition) is 2. The number of nitrogens with one attached hydrogen (secondary N) is 2. The summed E-state index contributed by atoms with van der Waals surface area (Å²) in [6, 6.07) is 14.4. The van der Waals surface area contributed by atoms with E-state index in [-0.39, 0.29) is 18.4 Å². The SMILES string of the molecule is C=C(C)COc1ccccc1NCC(=O)Nc1cccc(C(=O)N2CCOCC2)c1. The fourth-order valence-electron chi connectivity index (χ4n) is 3.00. The van der Waals surface area contributed by atoms with Crippen LogP contribution in [-0.4, -0.2) is 56.2 Å². The molecule has 0 atom stereocenters. The molecule has 30 heavy (non-hydrogen) atoms. The van der Waals surface area contributed by atoms with Gasteiger partial charge in [0.2, 0.25) is 5.91 Å². The predicted molar refractivity (Wildman–Crippen MR) is 117 cm³/mol. The number of ether oxygens (including phenoxy) is 2. The van der Waals surface area contributed by atoms with Gasteiger partial charge < -0.3 is 25.0 Å². The molecule has 0 aliphatic carbocycles. The van der Waals surface area contributed by atoms with Gasteiger partial charge in [-0.05, 0) is 42.8 Å². The summed E-state index contributed by atoms with van der Waals surface area (Å²) in [6.07, 6.45) is 0. The molecule has 3 rings (SSSR count). The van der Waals surface area contributed by atoms with E-state index in [9.17, 15) is 9.59 Å². The summed E-state index contributed by atoms with van der Waals surface area (Å²) in [5.41, 5.74) is 2.76. The average Bonchev–Trinajstić information content (AvgIpc) is 2.77. The van der Waals surface area contributed by atoms with Crippen molar-refractivity contribution < 1.29 is 19.1 Å². The molecule has 158 valence electrons. The Morgan fingerprint density at radius 3 is 2.67 bits per heavy atom. The van der Waals surface area contributed by atoms with Crippen molar-refractivity contribution in [3.63, 3.8) is 0 Å². The molecule has 0 radical (unpaired) electrons. The third-order valence-corrected chi connectivity index (χ3v) is 4.49. The lowest BCUT2D eigenvalue weighted by molar-refractivity contribution is -0.114. The zero-order chi connectivity index (χ0) is 21.3. The highest BCUT2D eigenvalue weighted by molar-refractivity contribution is 5.98. The summed E-state index contributed by atoms with van der Waals surface area (Å²) < 4.78 is 11.0. The van der Waals surface area contributed by atoms with Crippen molar-refractivity contribution in [3.05, 3.63) is 66.2 Å². The first-order chi connectivity index (χ1) is 14.5. The largest absolute Gasteiger partial charge is 0.487 e. The molecule has 7 heteroatoms. The normalized spacial score (nSPS) is 13.4. The minimum Gasteiger partial charge on any atom is -0.487 e. The van der Waals surface area contributed by atoms with Crippen LogP contribution < -0.4 is 15.4 Å². The lowest BCUT2D eigenvalue weighted by atomic mass is 10.1. The van der Waals surface area contributed by atoms with E-state index in [0.29, 0.717) is 49.9 Å². The molecule has 1 aliphatic heterocycles. The van der Waals surface area contributed by atoms with Gasteiger partial charge in [-0.15, -0.1) is 0 Å². The van der Waals surface area contributed by atoms with E-state index < -0.39 is 0 Å². The standard InChI is InChI=1S/C23H27N3O4/c1-17(2)16-30-21-9-4-3-8-20(21)24-15-22(27)25-19-7-5-6-18(14-19)23(28)26-10-12-29-13-11-26/h3-9,14,24H,1,10-13,15-16H2,2H3,(H,25,27). The van der Waals surface area contributed by atoms with Crippen molar-refractivity contribution in [2.75, 3.05) is 50.1 Å². The summed E-state index contributed by atoms with van der Waals surface area (Å²) >= 11 is 0. The number of hydrogen-bond acceptors (Lipinski definition) is 5. The van der Waals surface area contributed by atoms with Crippen LogP contribution in [0.2, 0.25) is 0 Å². The number of carbonyl (C=O) groups excluding carboxylic acids is 2. The fourth-order valence-corrected chi connectivity index (χ4v) is 3.00. The van der Waals surface area contributed by atoms with Crippen molar-refractivity contribution in [2.45, 2.75) is 6.92 Å². The number of nitrogens with zero attached hydrogens (tertiary/aromatic N) is 1. The lowest BCUT2D eigenvalue weighted by Gasteiger charge is -2.27. The number of carbonyl (C=O) groups is 2. The minimum atomic E-state index is -0.222. The van der Waals surface area contributed by atoms with E-state index in [1.807, 2.05) is 31.2 Å². The van der Waals surface area contributed by atoms with Gasteiger partial charge in [-0.2, -0.15) is 0 Å². The maximum Gasteiger partial charge on any atom is 0.254 e. The van der Waals surface area contributed by atoms with E-state index in [2.05, 4.69) is 17.2 Å². The smallest absolute Gasteiger partial charge is 0.254 e. The highest BCUT2D eigenvalue weighted by Gasteiger charge is 2.18. The summed E-state index contributed by atoms with van der Waals surface area (Å²) in [7, 11) is 0. The number of anilines is 2. The van der Waals surface area contributed by atoms with E-state index in [1.165, 1.54) is 0 Å². The second-order valence-corrected chi connectivity index (χ2v) is 7.13. The molecule has 1 aliphatic rings. The Balaban J connectivity index is 1.57. The number of rotatable bonds is 8. The predicted octanol–water partition coefficient (Wildman–Crippen LogP) is 3.16. The van der Waals surface area contributed by atoms with Gasteiger partial charge in [0.05, 0.1) is 25.4 Å². The van der Waals surface area contributed by atoms with Gasteiger partial charge in [-0.25, -0.2) is 0 Å². The molecule has 2 amide bonds.